The van der Waals surface area contributed by atoms with Gasteiger partial charge in [0, 0.05) is 0 Å². The van der Waals surface area contributed by atoms with E-state index in [1.807, 2.05) is 0 Å². The second kappa shape index (κ2) is 7.53. The number of aliphatic hydroxyl groups is 7. The van der Waals surface area contributed by atoms with Crippen LogP contribution in [0.5, 0.6) is 0 Å². The van der Waals surface area contributed by atoms with Crippen LogP contribution in [0.15, 0.2) is 0 Å². The maximum atomic E-state index is 11.2. The van der Waals surface area contributed by atoms with Gasteiger partial charge in [-0.05, 0) is 0 Å². The molecule has 8 N–H and O–H groups in total. The van der Waals surface area contributed by atoms with Gasteiger partial charge in [0.15, 0.2) is 18.7 Å². The molecular formula is C12H20O12. The topological polar surface area (TPSA) is 207 Å². The monoisotopic (exact) mass is 356 g/mol. The lowest BCUT2D eigenvalue weighted by atomic mass is 9.97. The molecule has 12 heteroatoms. The molecule has 0 saturated carbocycles. The Labute approximate surface area is 135 Å². The van der Waals surface area contributed by atoms with Gasteiger partial charge in [-0.15, -0.1) is 0 Å². The van der Waals surface area contributed by atoms with Crippen molar-refractivity contribution in [3.8, 4) is 0 Å². The molecule has 24 heavy (non-hydrogen) atoms. The van der Waals surface area contributed by atoms with E-state index >= 15 is 0 Å². The van der Waals surface area contributed by atoms with Crippen LogP contribution in [-0.4, -0.2) is 115 Å². The summed E-state index contributed by atoms with van der Waals surface area (Å²) in [6, 6.07) is 0. The number of aliphatic carboxylic acids is 1. The third-order valence-electron chi connectivity index (χ3n) is 3.95. The fraction of sp³-hybridized carbons (Fsp3) is 0.917. The van der Waals surface area contributed by atoms with Gasteiger partial charge in [-0.25, -0.2) is 4.79 Å². The largest absolute Gasteiger partial charge is 0.479 e. The average Bonchev–Trinajstić information content (AvgIpc) is 2.54. The zero-order chi connectivity index (χ0) is 18.2. The summed E-state index contributed by atoms with van der Waals surface area (Å²) < 4.78 is 14.8. The molecule has 0 aromatic heterocycles. The summed E-state index contributed by atoms with van der Waals surface area (Å²) in [6.07, 6.45) is -17.8. The lowest BCUT2D eigenvalue weighted by Gasteiger charge is -2.44. The molecule has 1 unspecified atom stereocenters. The molecule has 0 aromatic rings. The number of carbonyl (C=O) groups is 1. The molecule has 12 nitrogen and oxygen atoms in total. The van der Waals surface area contributed by atoms with Crippen molar-refractivity contribution in [1.29, 1.82) is 0 Å². The van der Waals surface area contributed by atoms with Crippen molar-refractivity contribution >= 4 is 5.97 Å². The van der Waals surface area contributed by atoms with Gasteiger partial charge in [-0.2, -0.15) is 0 Å². The Hall–Kier alpha value is -0.930. The second-order valence-electron chi connectivity index (χ2n) is 5.56. The maximum absolute atomic E-state index is 11.2. The van der Waals surface area contributed by atoms with E-state index in [0.717, 1.165) is 0 Å². The Morgan fingerprint density at radius 2 is 1.50 bits per heavy atom. The average molecular weight is 356 g/mol. The van der Waals surface area contributed by atoms with E-state index in [1.54, 1.807) is 0 Å². The molecule has 2 saturated heterocycles. The van der Waals surface area contributed by atoms with Gasteiger partial charge in [-0.1, -0.05) is 0 Å². The van der Waals surface area contributed by atoms with E-state index in [4.69, 9.17) is 19.7 Å². The normalized spacial score (nSPS) is 49.8. The summed E-state index contributed by atoms with van der Waals surface area (Å²) in [7, 11) is 0. The molecular weight excluding hydrogens is 336 g/mol. The number of ether oxygens (including phenoxy) is 3. The maximum Gasteiger partial charge on any atom is 0.335 e. The second-order valence-corrected chi connectivity index (χ2v) is 5.56. The first kappa shape index (κ1) is 19.4. The quantitative estimate of drug-likeness (QED) is 0.238. The van der Waals surface area contributed by atoms with Crippen molar-refractivity contribution in [1.82, 2.24) is 0 Å². The number of carboxylic acids is 1. The predicted molar refractivity (Wildman–Crippen MR) is 69.2 cm³/mol. The highest BCUT2D eigenvalue weighted by atomic mass is 16.7. The van der Waals surface area contributed by atoms with Crippen LogP contribution in [0.1, 0.15) is 0 Å². The minimum atomic E-state index is -1.98. The lowest BCUT2D eigenvalue weighted by molar-refractivity contribution is -0.350. The number of rotatable bonds is 4. The van der Waals surface area contributed by atoms with E-state index in [9.17, 15) is 35.4 Å². The molecule has 2 heterocycles. The summed E-state index contributed by atoms with van der Waals surface area (Å²) in [5, 5.41) is 76.2. The van der Waals surface area contributed by atoms with Crippen molar-refractivity contribution < 1.29 is 59.9 Å². The first-order valence-corrected chi connectivity index (χ1v) is 7.07. The van der Waals surface area contributed by atoms with E-state index in [-0.39, 0.29) is 0 Å². The Morgan fingerprint density at radius 3 is 2.04 bits per heavy atom. The smallest absolute Gasteiger partial charge is 0.335 e. The SMILES string of the molecule is O=C(O)[C@H]1OC(O)[C@H](O)[C@@H](O)[C@H]1O[C@H]1O[C@H](CO)[C@@H](O)[C@H](O)[C@H]1O. The summed E-state index contributed by atoms with van der Waals surface area (Å²) in [4.78, 5) is 11.2. The van der Waals surface area contributed by atoms with Crippen molar-refractivity contribution in [2.45, 2.75) is 61.4 Å². The highest BCUT2D eigenvalue weighted by Gasteiger charge is 2.52. The standard InChI is InChI=1S/C12H20O12/c13-1-2-3(14)4(15)7(18)12(22-2)24-8-5(16)6(17)11(21)23-9(8)10(19)20/h2-9,11-18,21H,1H2,(H,19,20)/t2-,3-,4+,5-,6-,7-,8-,9+,11?,12-/m1/s1. The van der Waals surface area contributed by atoms with Crippen LogP contribution in [0.2, 0.25) is 0 Å². The summed E-state index contributed by atoms with van der Waals surface area (Å²) in [5.41, 5.74) is 0. The van der Waals surface area contributed by atoms with Crippen LogP contribution in [0.3, 0.4) is 0 Å². The van der Waals surface area contributed by atoms with Crippen molar-refractivity contribution in [3.05, 3.63) is 0 Å². The number of aliphatic hydroxyl groups excluding tert-OH is 7. The molecule has 2 aliphatic rings. The highest BCUT2D eigenvalue weighted by Crippen LogP contribution is 2.28. The molecule has 140 valence electrons. The molecule has 0 radical (unpaired) electrons. The van der Waals surface area contributed by atoms with Gasteiger partial charge in [0.2, 0.25) is 0 Å². The molecule has 0 aromatic carbocycles. The third kappa shape index (κ3) is 3.52. The molecule has 2 fully saturated rings. The van der Waals surface area contributed by atoms with E-state index in [1.165, 1.54) is 0 Å². The molecule has 10 atom stereocenters. The first-order valence-electron chi connectivity index (χ1n) is 7.07. The van der Waals surface area contributed by atoms with Crippen LogP contribution >= 0.6 is 0 Å². The molecule has 2 rings (SSSR count). The van der Waals surface area contributed by atoms with Gasteiger partial charge in [0.05, 0.1) is 6.61 Å². The number of carboxylic acid groups (broad SMARTS) is 1. The van der Waals surface area contributed by atoms with Crippen LogP contribution in [-0.2, 0) is 19.0 Å². The van der Waals surface area contributed by atoms with Gasteiger partial charge in [0.25, 0.3) is 0 Å². The highest BCUT2D eigenvalue weighted by molar-refractivity contribution is 5.73. The summed E-state index contributed by atoms with van der Waals surface area (Å²) in [5.74, 6) is -1.63. The zero-order valence-corrected chi connectivity index (χ0v) is 12.2. The van der Waals surface area contributed by atoms with Gasteiger partial charge in [0.1, 0.15) is 42.7 Å². The van der Waals surface area contributed by atoms with E-state index in [0.29, 0.717) is 0 Å². The molecule has 0 bridgehead atoms. The molecule has 0 amide bonds. The predicted octanol–water partition coefficient (Wildman–Crippen LogP) is -5.30. The van der Waals surface area contributed by atoms with Crippen molar-refractivity contribution in [2.24, 2.45) is 0 Å². The Bertz CT molecular complexity index is 444. The summed E-state index contributed by atoms with van der Waals surface area (Å²) in [6.45, 7) is -0.738. The first-order chi connectivity index (χ1) is 11.2. The third-order valence-corrected chi connectivity index (χ3v) is 3.95. The van der Waals surface area contributed by atoms with Crippen molar-refractivity contribution in [3.63, 3.8) is 0 Å². The van der Waals surface area contributed by atoms with Crippen molar-refractivity contribution in [2.75, 3.05) is 6.61 Å². The Balaban J connectivity index is 2.18. The lowest BCUT2D eigenvalue weighted by Crippen LogP contribution is -2.65. The van der Waals surface area contributed by atoms with Crippen LogP contribution in [0.25, 0.3) is 0 Å². The van der Waals surface area contributed by atoms with Gasteiger partial charge < -0.3 is 55.1 Å². The van der Waals surface area contributed by atoms with Gasteiger partial charge >= 0.3 is 5.97 Å². The summed E-state index contributed by atoms with van der Waals surface area (Å²) >= 11 is 0. The van der Waals surface area contributed by atoms with Crippen LogP contribution in [0, 0.1) is 0 Å². The van der Waals surface area contributed by atoms with E-state index < -0.39 is 74.0 Å². The number of hydrogen-bond donors (Lipinski definition) is 8. The minimum absolute atomic E-state index is 0.738. The minimum Gasteiger partial charge on any atom is -0.479 e. The van der Waals surface area contributed by atoms with Crippen LogP contribution < -0.4 is 0 Å². The number of hydrogen-bond acceptors (Lipinski definition) is 11. The van der Waals surface area contributed by atoms with Gasteiger partial charge in [-0.3, -0.25) is 0 Å². The Morgan fingerprint density at radius 1 is 0.875 bits per heavy atom. The molecule has 0 spiro atoms. The Kier molecular flexibility index (Phi) is 6.09. The fourth-order valence-corrected chi connectivity index (χ4v) is 2.54. The molecule has 0 aliphatic carbocycles. The molecule has 2 aliphatic heterocycles. The van der Waals surface area contributed by atoms with Crippen LogP contribution in [0.4, 0.5) is 0 Å². The zero-order valence-electron chi connectivity index (χ0n) is 12.2. The van der Waals surface area contributed by atoms with E-state index in [2.05, 4.69) is 4.74 Å². The fourth-order valence-electron chi connectivity index (χ4n) is 2.54.